The number of hydrogen-bond donors (Lipinski definition) is 4. The normalized spacial score (nSPS) is 9.60. The molecule has 0 aliphatic carbocycles. The van der Waals surface area contributed by atoms with E-state index in [1.54, 1.807) is 0 Å². The van der Waals surface area contributed by atoms with E-state index in [-0.39, 0.29) is 21.7 Å². The monoisotopic (exact) mass is 408 g/mol. The van der Waals surface area contributed by atoms with Gasteiger partial charge in [0.25, 0.3) is 0 Å². The van der Waals surface area contributed by atoms with Crippen LogP contribution in [0.5, 0.6) is 0 Å². The molecule has 0 amide bonds. The molecule has 0 aromatic rings. The fraction of sp³-hybridized carbons (Fsp3) is 1.00. The van der Waals surface area contributed by atoms with Crippen LogP contribution in [-0.2, 0) is 41.3 Å². The second kappa shape index (κ2) is 32.1. The average Bonchev–Trinajstić information content (AvgIpc) is 2.39. The van der Waals surface area contributed by atoms with Crippen molar-refractivity contribution in [2.45, 2.75) is 55.4 Å². The summed E-state index contributed by atoms with van der Waals surface area (Å²) in [6.45, 7) is 17.5. The topological polar surface area (TPSA) is 118 Å². The van der Waals surface area contributed by atoms with Crippen molar-refractivity contribution in [3.63, 3.8) is 0 Å². The maximum absolute atomic E-state index is 7.74. The van der Waals surface area contributed by atoms with Crippen LogP contribution in [-0.4, -0.2) is 47.5 Å². The van der Waals surface area contributed by atoms with E-state index in [1.165, 1.54) is 0 Å². The van der Waals surface area contributed by atoms with Crippen LogP contribution in [0.3, 0.4) is 0 Å². The summed E-state index contributed by atoms with van der Waals surface area (Å²) in [4.78, 5) is 15.2. The SMILES string of the molecule is CC(C)COO.CC(C)COO.CC(C)COO.CC(C)COO.[Ti]. The molecule has 156 valence electrons. The van der Waals surface area contributed by atoms with Gasteiger partial charge in [-0.2, -0.15) is 0 Å². The minimum atomic E-state index is 0. The summed E-state index contributed by atoms with van der Waals surface area (Å²) >= 11 is 0. The number of rotatable bonds is 8. The standard InChI is InChI=1S/4C4H10O2.Ti/c4*1-4(2)3-6-5;/h4*4-5H,3H2,1-2H3;. The third kappa shape index (κ3) is 79.6. The van der Waals surface area contributed by atoms with Gasteiger partial charge < -0.3 is 0 Å². The number of hydrogen-bond acceptors (Lipinski definition) is 8. The maximum atomic E-state index is 7.74. The van der Waals surface area contributed by atoms with Gasteiger partial charge in [0.05, 0.1) is 26.4 Å². The molecule has 0 aromatic carbocycles. The van der Waals surface area contributed by atoms with Crippen molar-refractivity contribution in [3.05, 3.63) is 0 Å². The predicted octanol–water partition coefficient (Wildman–Crippen LogP) is 4.53. The van der Waals surface area contributed by atoms with Crippen LogP contribution in [0.1, 0.15) is 55.4 Å². The first-order chi connectivity index (χ1) is 11.1. The zero-order valence-corrected chi connectivity index (χ0v) is 18.6. The molecule has 0 unspecified atom stereocenters. The van der Waals surface area contributed by atoms with Crippen molar-refractivity contribution >= 4 is 0 Å². The molecule has 0 saturated heterocycles. The van der Waals surface area contributed by atoms with E-state index >= 15 is 0 Å². The van der Waals surface area contributed by atoms with Crippen LogP contribution < -0.4 is 0 Å². The molecule has 0 atom stereocenters. The van der Waals surface area contributed by atoms with E-state index in [2.05, 4.69) is 19.6 Å². The van der Waals surface area contributed by atoms with Gasteiger partial charge in [0.15, 0.2) is 0 Å². The Balaban J connectivity index is -0.0000000702. The summed E-state index contributed by atoms with van der Waals surface area (Å²) in [5.74, 6) is 1.70. The van der Waals surface area contributed by atoms with Crippen LogP contribution in [0.15, 0.2) is 0 Å². The van der Waals surface area contributed by atoms with E-state index in [4.69, 9.17) is 21.0 Å². The Morgan fingerprint density at radius 3 is 0.560 bits per heavy atom. The molecule has 0 aromatic heterocycles. The van der Waals surface area contributed by atoms with Crippen LogP contribution in [0.4, 0.5) is 0 Å². The molecule has 0 aliphatic rings. The molecule has 0 radical (unpaired) electrons. The molecule has 0 saturated carbocycles. The molecule has 9 heteroatoms. The van der Waals surface area contributed by atoms with E-state index < -0.39 is 0 Å². The van der Waals surface area contributed by atoms with Crippen molar-refractivity contribution in [1.29, 1.82) is 0 Å². The molecule has 0 fully saturated rings. The fourth-order valence-electron chi connectivity index (χ4n) is 0.596. The second-order valence-corrected chi connectivity index (χ2v) is 6.76. The summed E-state index contributed by atoms with van der Waals surface area (Å²) in [5, 5.41) is 30.9. The molecule has 0 aliphatic heterocycles. The Kier molecular flexibility index (Phi) is 46.6. The summed E-state index contributed by atoms with van der Waals surface area (Å²) < 4.78 is 0. The summed E-state index contributed by atoms with van der Waals surface area (Å²) in [7, 11) is 0. The molecule has 0 heterocycles. The maximum Gasteiger partial charge on any atom is 0.0842 e. The van der Waals surface area contributed by atoms with E-state index in [1.807, 2.05) is 55.4 Å². The van der Waals surface area contributed by atoms with E-state index in [9.17, 15) is 0 Å². The Morgan fingerprint density at radius 1 is 0.440 bits per heavy atom. The quantitative estimate of drug-likeness (QED) is 0.263. The van der Waals surface area contributed by atoms with Crippen LogP contribution in [0.2, 0.25) is 0 Å². The smallest absolute Gasteiger partial charge is 0.0842 e. The van der Waals surface area contributed by atoms with Gasteiger partial charge in [-0.1, -0.05) is 55.4 Å². The third-order valence-electron chi connectivity index (χ3n) is 1.63. The first-order valence-corrected chi connectivity index (χ1v) is 8.14. The van der Waals surface area contributed by atoms with Crippen molar-refractivity contribution in [1.82, 2.24) is 0 Å². The van der Waals surface area contributed by atoms with Gasteiger partial charge in [-0.3, -0.25) is 21.0 Å². The fourth-order valence-corrected chi connectivity index (χ4v) is 0.596. The summed E-state index contributed by atoms with van der Waals surface area (Å²) in [5.41, 5.74) is 0. The summed E-state index contributed by atoms with van der Waals surface area (Å²) in [6, 6.07) is 0. The first-order valence-electron chi connectivity index (χ1n) is 8.14. The van der Waals surface area contributed by atoms with Gasteiger partial charge in [0.2, 0.25) is 0 Å². The molecule has 25 heavy (non-hydrogen) atoms. The van der Waals surface area contributed by atoms with E-state index in [0.717, 1.165) is 0 Å². The van der Waals surface area contributed by atoms with Crippen molar-refractivity contribution in [2.24, 2.45) is 23.7 Å². The minimum absolute atomic E-state index is 0. The first kappa shape index (κ1) is 36.3. The molecule has 0 spiro atoms. The molecule has 8 nitrogen and oxygen atoms in total. The zero-order valence-electron chi connectivity index (χ0n) is 17.1. The van der Waals surface area contributed by atoms with Crippen LogP contribution in [0.25, 0.3) is 0 Å². The van der Waals surface area contributed by atoms with E-state index in [0.29, 0.717) is 50.1 Å². The van der Waals surface area contributed by atoms with Gasteiger partial charge in [-0.05, 0) is 23.7 Å². The Morgan fingerprint density at radius 2 is 0.560 bits per heavy atom. The van der Waals surface area contributed by atoms with Crippen LogP contribution in [0, 0.1) is 23.7 Å². The average molecular weight is 408 g/mol. The Labute approximate surface area is 168 Å². The van der Waals surface area contributed by atoms with Gasteiger partial charge in [-0.25, -0.2) is 19.6 Å². The third-order valence-corrected chi connectivity index (χ3v) is 1.63. The zero-order chi connectivity index (χ0) is 20.0. The van der Waals surface area contributed by atoms with Crippen molar-refractivity contribution < 1.29 is 62.3 Å². The summed E-state index contributed by atoms with van der Waals surface area (Å²) in [6.07, 6.45) is 0. The predicted molar refractivity (Wildman–Crippen MR) is 93.7 cm³/mol. The van der Waals surface area contributed by atoms with Crippen molar-refractivity contribution in [2.75, 3.05) is 26.4 Å². The molecular formula is C16H40O8Ti. The van der Waals surface area contributed by atoms with Gasteiger partial charge in [-0.15, -0.1) is 0 Å². The molecule has 0 bridgehead atoms. The molecular weight excluding hydrogens is 368 g/mol. The second-order valence-electron chi connectivity index (χ2n) is 6.76. The van der Waals surface area contributed by atoms with Crippen LogP contribution >= 0.6 is 0 Å². The van der Waals surface area contributed by atoms with Gasteiger partial charge in [0, 0.05) is 21.7 Å². The Hall–Kier alpha value is 0.394. The Bertz CT molecular complexity index is 153. The molecule has 4 N–H and O–H groups in total. The largest absolute Gasteiger partial charge is 0.252 e. The van der Waals surface area contributed by atoms with Gasteiger partial charge in [0.1, 0.15) is 0 Å². The van der Waals surface area contributed by atoms with Crippen molar-refractivity contribution in [3.8, 4) is 0 Å². The molecule has 0 rings (SSSR count). The minimum Gasteiger partial charge on any atom is -0.252 e. The van der Waals surface area contributed by atoms with Gasteiger partial charge >= 0.3 is 0 Å².